The second-order valence-corrected chi connectivity index (χ2v) is 6.51. The Morgan fingerprint density at radius 3 is 2.65 bits per heavy atom. The maximum atomic E-state index is 6.03. The first kappa shape index (κ1) is 13.1. The van der Waals surface area contributed by atoms with Crippen LogP contribution in [-0.4, -0.2) is 15.2 Å². The van der Waals surface area contributed by atoms with E-state index in [1.165, 1.54) is 28.3 Å². The largest absolute Gasteiger partial charge is 0.278 e. The van der Waals surface area contributed by atoms with E-state index in [0.717, 1.165) is 40.2 Å². The fraction of sp³-hybridized carbons (Fsp3) is 0.158. The zero-order chi connectivity index (χ0) is 15.4. The summed E-state index contributed by atoms with van der Waals surface area (Å²) < 4.78 is 0. The molecule has 0 bridgehead atoms. The van der Waals surface area contributed by atoms with Gasteiger partial charge in [0.15, 0.2) is 0 Å². The van der Waals surface area contributed by atoms with E-state index in [1.54, 1.807) is 0 Å². The van der Waals surface area contributed by atoms with Crippen LogP contribution in [0, 0.1) is 0 Å². The molecule has 2 aromatic heterocycles. The molecule has 0 spiro atoms. The Hall–Kier alpha value is -2.39. The minimum absolute atomic E-state index is 0.756. The van der Waals surface area contributed by atoms with Crippen LogP contribution in [0.25, 0.3) is 33.1 Å². The van der Waals surface area contributed by atoms with Gasteiger partial charge in [0.2, 0.25) is 0 Å². The number of H-pyrrole nitrogens is 1. The van der Waals surface area contributed by atoms with Crippen molar-refractivity contribution in [3.63, 3.8) is 0 Å². The van der Waals surface area contributed by atoms with Crippen LogP contribution in [0.5, 0.6) is 0 Å². The highest BCUT2D eigenvalue weighted by molar-refractivity contribution is 6.30. The van der Waals surface area contributed by atoms with Crippen LogP contribution in [0.2, 0.25) is 5.02 Å². The van der Waals surface area contributed by atoms with Crippen molar-refractivity contribution in [1.82, 2.24) is 15.2 Å². The van der Waals surface area contributed by atoms with Gasteiger partial charge in [0.25, 0.3) is 0 Å². The number of nitrogens with zero attached hydrogens (tertiary/aromatic N) is 2. The predicted molar refractivity (Wildman–Crippen MR) is 93.9 cm³/mol. The highest BCUT2D eigenvalue weighted by Crippen LogP contribution is 2.38. The quantitative estimate of drug-likeness (QED) is 0.541. The average Bonchev–Trinajstić information content (AvgIpc) is 3.23. The first-order valence-corrected chi connectivity index (χ1v) is 8.22. The number of nitrogens with one attached hydrogen (secondary N) is 1. The molecule has 2 heterocycles. The van der Waals surface area contributed by atoms with Crippen molar-refractivity contribution in [2.75, 3.05) is 0 Å². The predicted octanol–water partition coefficient (Wildman–Crippen LogP) is 4.92. The molecule has 0 unspecified atom stereocenters. The number of pyridine rings is 1. The van der Waals surface area contributed by atoms with E-state index in [0.29, 0.717) is 0 Å². The zero-order valence-corrected chi connectivity index (χ0v) is 13.2. The molecule has 0 radical (unpaired) electrons. The molecule has 0 saturated heterocycles. The molecule has 3 nitrogen and oxygen atoms in total. The minimum Gasteiger partial charge on any atom is -0.278 e. The van der Waals surface area contributed by atoms with Crippen LogP contribution in [0.15, 0.2) is 42.6 Å². The van der Waals surface area contributed by atoms with Crippen molar-refractivity contribution >= 4 is 33.4 Å². The molecule has 0 aliphatic heterocycles. The van der Waals surface area contributed by atoms with E-state index < -0.39 is 0 Å². The Morgan fingerprint density at radius 2 is 1.78 bits per heavy atom. The molecular weight excluding hydrogens is 306 g/mol. The molecule has 4 heteroatoms. The Kier molecular flexibility index (Phi) is 2.73. The van der Waals surface area contributed by atoms with Crippen LogP contribution in [0.3, 0.4) is 0 Å². The lowest BCUT2D eigenvalue weighted by Gasteiger charge is -2.12. The molecule has 0 saturated carbocycles. The number of rotatable bonds is 1. The van der Waals surface area contributed by atoms with Gasteiger partial charge in [0, 0.05) is 21.4 Å². The van der Waals surface area contributed by atoms with Crippen LogP contribution in [0.1, 0.15) is 17.5 Å². The lowest BCUT2D eigenvalue weighted by atomic mass is 9.97. The van der Waals surface area contributed by atoms with Crippen LogP contribution in [0.4, 0.5) is 0 Å². The third-order valence-corrected chi connectivity index (χ3v) is 5.01. The number of benzene rings is 2. The number of halogens is 1. The van der Waals surface area contributed by atoms with E-state index in [9.17, 15) is 0 Å². The Balaban J connectivity index is 1.88. The Labute approximate surface area is 138 Å². The summed E-state index contributed by atoms with van der Waals surface area (Å²) in [5.74, 6) is 0. The molecule has 1 N–H and O–H groups in total. The molecule has 0 atom stereocenters. The topological polar surface area (TPSA) is 41.6 Å². The Bertz CT molecular complexity index is 1050. The van der Waals surface area contributed by atoms with Gasteiger partial charge >= 0.3 is 0 Å². The molecule has 0 fully saturated rings. The first-order chi connectivity index (χ1) is 11.3. The normalized spacial score (nSPS) is 13.8. The van der Waals surface area contributed by atoms with Gasteiger partial charge in [-0.25, -0.2) is 4.98 Å². The van der Waals surface area contributed by atoms with Crippen molar-refractivity contribution in [2.24, 2.45) is 0 Å². The summed E-state index contributed by atoms with van der Waals surface area (Å²) in [5.41, 5.74) is 7.18. The van der Waals surface area contributed by atoms with E-state index in [1.807, 2.05) is 18.3 Å². The minimum atomic E-state index is 0.756. The van der Waals surface area contributed by atoms with Crippen molar-refractivity contribution in [3.8, 4) is 11.3 Å². The highest BCUT2D eigenvalue weighted by Gasteiger charge is 2.22. The molecular formula is C19H14ClN3. The van der Waals surface area contributed by atoms with E-state index in [4.69, 9.17) is 16.6 Å². The second kappa shape index (κ2) is 4.80. The van der Waals surface area contributed by atoms with Crippen LogP contribution >= 0.6 is 11.6 Å². The van der Waals surface area contributed by atoms with E-state index >= 15 is 0 Å². The number of aromatic amines is 1. The van der Waals surface area contributed by atoms with Gasteiger partial charge in [-0.3, -0.25) is 5.10 Å². The SMILES string of the molecule is Clc1ccc(-c2nc3ccc4[nH]ncc4c3c3c2CCC3)cc1. The van der Waals surface area contributed by atoms with Gasteiger partial charge in [-0.15, -0.1) is 0 Å². The van der Waals surface area contributed by atoms with Gasteiger partial charge in [-0.1, -0.05) is 23.7 Å². The summed E-state index contributed by atoms with van der Waals surface area (Å²) in [7, 11) is 0. The first-order valence-electron chi connectivity index (χ1n) is 7.85. The van der Waals surface area contributed by atoms with Gasteiger partial charge in [0.05, 0.1) is 22.9 Å². The number of aryl methyl sites for hydroxylation is 1. The number of hydrogen-bond donors (Lipinski definition) is 1. The summed E-state index contributed by atoms with van der Waals surface area (Å²) in [4.78, 5) is 4.99. The summed E-state index contributed by atoms with van der Waals surface area (Å²) in [6.45, 7) is 0. The van der Waals surface area contributed by atoms with Crippen molar-refractivity contribution in [1.29, 1.82) is 0 Å². The third kappa shape index (κ3) is 1.90. The lowest BCUT2D eigenvalue weighted by molar-refractivity contribution is 0.913. The van der Waals surface area contributed by atoms with Crippen LogP contribution in [-0.2, 0) is 12.8 Å². The fourth-order valence-electron chi connectivity index (χ4n) is 3.73. The molecule has 23 heavy (non-hydrogen) atoms. The highest BCUT2D eigenvalue weighted by atomic mass is 35.5. The maximum absolute atomic E-state index is 6.03. The van der Waals surface area contributed by atoms with Crippen molar-refractivity contribution in [3.05, 3.63) is 58.7 Å². The molecule has 112 valence electrons. The molecule has 4 aromatic rings. The molecule has 2 aromatic carbocycles. The summed E-state index contributed by atoms with van der Waals surface area (Å²) in [5, 5.41) is 10.5. The number of hydrogen-bond acceptors (Lipinski definition) is 2. The molecule has 1 aliphatic rings. The summed E-state index contributed by atoms with van der Waals surface area (Å²) in [6.07, 6.45) is 5.30. The molecule has 1 aliphatic carbocycles. The van der Waals surface area contributed by atoms with Gasteiger partial charge < -0.3 is 0 Å². The van der Waals surface area contributed by atoms with Crippen molar-refractivity contribution < 1.29 is 0 Å². The molecule has 0 amide bonds. The Morgan fingerprint density at radius 1 is 0.957 bits per heavy atom. The van der Waals surface area contributed by atoms with Crippen LogP contribution < -0.4 is 0 Å². The van der Waals surface area contributed by atoms with Gasteiger partial charge in [0.1, 0.15) is 0 Å². The monoisotopic (exact) mass is 319 g/mol. The smallest absolute Gasteiger partial charge is 0.0744 e. The third-order valence-electron chi connectivity index (χ3n) is 4.76. The molecule has 5 rings (SSSR count). The van der Waals surface area contributed by atoms with E-state index in [2.05, 4.69) is 34.5 Å². The lowest BCUT2D eigenvalue weighted by Crippen LogP contribution is -1.96. The van der Waals surface area contributed by atoms with Crippen molar-refractivity contribution in [2.45, 2.75) is 19.3 Å². The number of aromatic nitrogens is 3. The van der Waals surface area contributed by atoms with Gasteiger partial charge in [-0.05, 0) is 54.7 Å². The van der Waals surface area contributed by atoms with E-state index in [-0.39, 0.29) is 0 Å². The zero-order valence-electron chi connectivity index (χ0n) is 12.4. The summed E-state index contributed by atoms with van der Waals surface area (Å²) >= 11 is 6.03. The standard InChI is InChI=1S/C19H14ClN3/c20-12-6-4-11(5-7-12)19-14-3-1-2-13(14)18-15-10-21-23-16(15)8-9-17(18)22-19/h4-10H,1-3H2,(H,21,23). The number of fused-ring (bicyclic) bond motifs is 5. The average molecular weight is 320 g/mol. The van der Waals surface area contributed by atoms with Gasteiger partial charge in [-0.2, -0.15) is 5.10 Å². The maximum Gasteiger partial charge on any atom is 0.0744 e. The fourth-order valence-corrected chi connectivity index (χ4v) is 3.86. The second-order valence-electron chi connectivity index (χ2n) is 6.07. The summed E-state index contributed by atoms with van der Waals surface area (Å²) in [6, 6.07) is 12.1.